The molecule has 3 unspecified atom stereocenters. The van der Waals surface area contributed by atoms with Crippen molar-refractivity contribution in [3.8, 4) is 0 Å². The summed E-state index contributed by atoms with van der Waals surface area (Å²) >= 11 is 0. The molecule has 1 aliphatic heterocycles. The number of phosphoric acid groups is 1. The van der Waals surface area contributed by atoms with E-state index >= 15 is 0 Å². The van der Waals surface area contributed by atoms with E-state index in [-0.39, 0.29) is 19.4 Å². The molecule has 1 heterocycles. The minimum atomic E-state index is -4.78. The van der Waals surface area contributed by atoms with Gasteiger partial charge in [-0.25, -0.2) is 4.57 Å². The van der Waals surface area contributed by atoms with Gasteiger partial charge in [0.1, 0.15) is 6.61 Å². The van der Waals surface area contributed by atoms with Crippen molar-refractivity contribution in [1.82, 2.24) is 0 Å². The minimum absolute atomic E-state index is 0.0815. The van der Waals surface area contributed by atoms with Gasteiger partial charge in [-0.2, -0.15) is 0 Å². The second-order valence-corrected chi connectivity index (χ2v) is 14.4. The van der Waals surface area contributed by atoms with Crippen molar-refractivity contribution in [2.45, 2.75) is 161 Å². The summed E-state index contributed by atoms with van der Waals surface area (Å²) in [7, 11) is -4.78. The van der Waals surface area contributed by atoms with Crippen LogP contribution in [0, 0.1) is 5.92 Å². The van der Waals surface area contributed by atoms with Crippen molar-refractivity contribution in [3.63, 3.8) is 0 Å². The Balaban J connectivity index is 2.16. The van der Waals surface area contributed by atoms with Gasteiger partial charge in [-0.1, -0.05) is 139 Å². The van der Waals surface area contributed by atoms with Gasteiger partial charge in [0.05, 0.1) is 18.8 Å². The number of phosphoric ester groups is 1. The molecule has 9 nitrogen and oxygen atoms in total. The first-order valence-corrected chi connectivity index (χ1v) is 20.6. The molecule has 4 atom stereocenters. The smallest absolute Gasteiger partial charge is 0.462 e. The second-order valence-electron chi connectivity index (χ2n) is 13.2. The van der Waals surface area contributed by atoms with E-state index in [1.807, 2.05) is 12.2 Å². The summed E-state index contributed by atoms with van der Waals surface area (Å²) in [4.78, 5) is 42.7. The van der Waals surface area contributed by atoms with Crippen LogP contribution in [-0.4, -0.2) is 53.3 Å². The number of ether oxygens (including phenoxy) is 3. The van der Waals surface area contributed by atoms with Crippen LogP contribution in [0.4, 0.5) is 0 Å². The number of rotatable bonds is 32. The third-order valence-corrected chi connectivity index (χ3v) is 8.99. The SMILES string of the molecule is CC/C=C\CC1OC1C/C=C\C/C=C\C/C=C\C/C=C\CCC(=O)O[C@H](COC(=O)CCCCCCCCCCC(C)CC)COP(=O)(O)O. The third kappa shape index (κ3) is 29.4. The van der Waals surface area contributed by atoms with Crippen molar-refractivity contribution in [1.29, 1.82) is 0 Å². The summed E-state index contributed by atoms with van der Waals surface area (Å²) in [6, 6.07) is 0. The third-order valence-electron chi connectivity index (χ3n) is 8.51. The van der Waals surface area contributed by atoms with Crippen LogP contribution < -0.4 is 0 Å². The largest absolute Gasteiger partial charge is 0.469 e. The van der Waals surface area contributed by atoms with E-state index in [0.717, 1.165) is 63.7 Å². The maximum Gasteiger partial charge on any atom is 0.469 e. The molecule has 0 spiro atoms. The molecule has 1 rings (SSSR count). The first kappa shape index (κ1) is 45.7. The van der Waals surface area contributed by atoms with Gasteiger partial charge in [0.15, 0.2) is 6.10 Å². The van der Waals surface area contributed by atoms with Crippen molar-refractivity contribution < 1.29 is 42.7 Å². The lowest BCUT2D eigenvalue weighted by Gasteiger charge is -2.18. The van der Waals surface area contributed by atoms with Crippen LogP contribution in [-0.2, 0) is 32.9 Å². The molecule has 1 aliphatic rings. The first-order chi connectivity index (χ1) is 24.1. The summed E-state index contributed by atoms with van der Waals surface area (Å²) in [5, 5.41) is 0. The van der Waals surface area contributed by atoms with E-state index in [1.165, 1.54) is 38.5 Å². The van der Waals surface area contributed by atoms with Crippen LogP contribution in [0.25, 0.3) is 0 Å². The topological polar surface area (TPSA) is 132 Å². The summed E-state index contributed by atoms with van der Waals surface area (Å²) in [5.41, 5.74) is 0. The molecule has 286 valence electrons. The summed E-state index contributed by atoms with van der Waals surface area (Å²) < 4.78 is 31.9. The quantitative estimate of drug-likeness (QED) is 0.0229. The molecule has 50 heavy (non-hydrogen) atoms. The van der Waals surface area contributed by atoms with Crippen LogP contribution in [0.3, 0.4) is 0 Å². The summed E-state index contributed by atoms with van der Waals surface area (Å²) in [6.07, 6.45) is 38.6. The van der Waals surface area contributed by atoms with Crippen LogP contribution in [0.5, 0.6) is 0 Å². The predicted octanol–water partition coefficient (Wildman–Crippen LogP) is 10.2. The van der Waals surface area contributed by atoms with Gasteiger partial charge < -0.3 is 24.0 Å². The van der Waals surface area contributed by atoms with E-state index in [0.29, 0.717) is 25.0 Å². The lowest BCUT2D eigenvalue weighted by atomic mass is 9.99. The maximum atomic E-state index is 12.3. The highest BCUT2D eigenvalue weighted by atomic mass is 31.2. The Kier molecular flexibility index (Phi) is 27.8. The average molecular weight is 723 g/mol. The Morgan fingerprint density at radius 1 is 0.700 bits per heavy atom. The zero-order valence-corrected chi connectivity index (χ0v) is 32.0. The molecule has 0 radical (unpaired) electrons. The Bertz CT molecular complexity index is 1070. The fourth-order valence-electron chi connectivity index (χ4n) is 5.18. The van der Waals surface area contributed by atoms with Crippen molar-refractivity contribution in [2.75, 3.05) is 13.2 Å². The van der Waals surface area contributed by atoms with E-state index in [9.17, 15) is 14.2 Å². The average Bonchev–Trinajstić information content (AvgIpc) is 3.84. The van der Waals surface area contributed by atoms with Gasteiger partial charge >= 0.3 is 19.8 Å². The number of unbranched alkanes of at least 4 members (excludes halogenated alkanes) is 7. The van der Waals surface area contributed by atoms with E-state index < -0.39 is 32.5 Å². The zero-order valence-electron chi connectivity index (χ0n) is 31.1. The maximum absolute atomic E-state index is 12.3. The van der Waals surface area contributed by atoms with Crippen LogP contribution >= 0.6 is 7.82 Å². The molecule has 2 N–H and O–H groups in total. The summed E-state index contributed by atoms with van der Waals surface area (Å²) in [6.45, 7) is 5.80. The van der Waals surface area contributed by atoms with E-state index in [1.54, 1.807) is 0 Å². The molecule has 0 aliphatic carbocycles. The Morgan fingerprint density at radius 2 is 1.24 bits per heavy atom. The molecular weight excluding hydrogens is 655 g/mol. The van der Waals surface area contributed by atoms with Gasteiger partial charge in [0.2, 0.25) is 0 Å². The van der Waals surface area contributed by atoms with Crippen molar-refractivity contribution >= 4 is 19.8 Å². The van der Waals surface area contributed by atoms with Gasteiger partial charge in [0, 0.05) is 12.8 Å². The number of carbonyl (C=O) groups excluding carboxylic acids is 2. The molecule has 10 heteroatoms. The summed E-state index contributed by atoms with van der Waals surface area (Å²) in [5.74, 6) is -0.175. The molecule has 0 aromatic rings. The lowest BCUT2D eigenvalue weighted by molar-refractivity contribution is -0.161. The highest BCUT2D eigenvalue weighted by molar-refractivity contribution is 7.46. The molecular formula is C40H67O9P. The molecule has 0 aromatic heterocycles. The Hall–Kier alpha value is -2.29. The van der Waals surface area contributed by atoms with Gasteiger partial charge in [-0.05, 0) is 57.3 Å². The van der Waals surface area contributed by atoms with Crippen LogP contribution in [0.1, 0.15) is 143 Å². The highest BCUT2D eigenvalue weighted by Crippen LogP contribution is 2.36. The molecule has 1 fully saturated rings. The predicted molar refractivity (Wildman–Crippen MR) is 201 cm³/mol. The Morgan fingerprint density at radius 3 is 1.82 bits per heavy atom. The number of esters is 2. The number of hydrogen-bond donors (Lipinski definition) is 2. The number of hydrogen-bond acceptors (Lipinski definition) is 7. The monoisotopic (exact) mass is 722 g/mol. The van der Waals surface area contributed by atoms with E-state index in [4.69, 9.17) is 24.0 Å². The number of allylic oxidation sites excluding steroid dienone is 8. The van der Waals surface area contributed by atoms with Gasteiger partial charge in [-0.15, -0.1) is 0 Å². The number of carbonyl (C=O) groups is 2. The Labute approximate surface area is 302 Å². The molecule has 0 amide bonds. The number of epoxide rings is 1. The zero-order chi connectivity index (χ0) is 36.7. The highest BCUT2D eigenvalue weighted by Gasteiger charge is 2.35. The standard InChI is InChI=1S/C40H67O9P/c1-4-6-23-29-37-38(49-37)30-25-20-16-11-9-7-8-10-12-18-22-27-32-40(42)48-36(34-47-50(43,44)45)33-46-39(41)31-26-21-17-14-13-15-19-24-28-35(3)5-2/h6,8-11,18,20,22-23,25,35-38H,4-5,7,12-17,19,21,24,26-34H2,1-3H3,(H2,43,44,45)/b10-8-,11-9-,22-18-,23-6-,25-20-/t35?,36-,37?,38?/m1/s1. The second kappa shape index (κ2) is 30.3. The van der Waals surface area contributed by atoms with E-state index in [2.05, 4.69) is 73.9 Å². The van der Waals surface area contributed by atoms with Crippen molar-refractivity contribution in [2.24, 2.45) is 5.92 Å². The van der Waals surface area contributed by atoms with Crippen molar-refractivity contribution in [3.05, 3.63) is 60.8 Å². The molecule has 0 aromatic carbocycles. The van der Waals surface area contributed by atoms with Crippen LogP contribution in [0.15, 0.2) is 60.8 Å². The first-order valence-electron chi connectivity index (χ1n) is 19.1. The normalized spacial score (nSPS) is 17.9. The fraction of sp³-hybridized carbons (Fsp3) is 0.700. The lowest BCUT2D eigenvalue weighted by Crippen LogP contribution is -2.29. The minimum Gasteiger partial charge on any atom is -0.462 e. The van der Waals surface area contributed by atoms with Gasteiger partial charge in [0.25, 0.3) is 0 Å². The molecule has 1 saturated heterocycles. The van der Waals surface area contributed by atoms with Crippen LogP contribution in [0.2, 0.25) is 0 Å². The van der Waals surface area contributed by atoms with Gasteiger partial charge in [-0.3, -0.25) is 14.1 Å². The molecule has 0 bridgehead atoms. The fourth-order valence-corrected chi connectivity index (χ4v) is 5.54. The molecule has 0 saturated carbocycles.